The zero-order valence-corrected chi connectivity index (χ0v) is 13.1. The topological polar surface area (TPSA) is 57.7 Å². The maximum absolute atomic E-state index is 13.4. The van der Waals surface area contributed by atoms with Crippen molar-refractivity contribution in [2.75, 3.05) is 26.2 Å². The Morgan fingerprint density at radius 1 is 1.33 bits per heavy atom. The number of halogens is 2. The van der Waals surface area contributed by atoms with E-state index >= 15 is 0 Å². The second kappa shape index (κ2) is 6.29. The SMILES string of the molecule is CCN1CCN(Cc2cc(F)ccc2S(=O)(=O)Cl)C(=O)C1. The molecule has 1 aliphatic rings. The zero-order chi connectivity index (χ0) is 15.6. The van der Waals surface area contributed by atoms with Gasteiger partial charge in [0, 0.05) is 30.3 Å². The molecule has 0 atom stereocenters. The highest BCUT2D eigenvalue weighted by atomic mass is 35.7. The molecule has 2 rings (SSSR count). The molecule has 1 aromatic carbocycles. The first-order valence-corrected chi connectivity index (χ1v) is 8.85. The van der Waals surface area contributed by atoms with E-state index in [2.05, 4.69) is 0 Å². The molecule has 5 nitrogen and oxygen atoms in total. The predicted molar refractivity (Wildman–Crippen MR) is 77.0 cm³/mol. The molecular weight excluding hydrogens is 319 g/mol. The van der Waals surface area contributed by atoms with Gasteiger partial charge in [-0.3, -0.25) is 9.69 Å². The average Bonchev–Trinajstić information content (AvgIpc) is 2.39. The van der Waals surface area contributed by atoms with Crippen molar-refractivity contribution in [2.24, 2.45) is 0 Å². The van der Waals surface area contributed by atoms with Gasteiger partial charge in [0.2, 0.25) is 5.91 Å². The molecule has 0 N–H and O–H groups in total. The molecule has 1 aromatic rings. The van der Waals surface area contributed by atoms with E-state index in [0.717, 1.165) is 24.7 Å². The van der Waals surface area contributed by atoms with Crippen LogP contribution in [-0.2, 0) is 20.4 Å². The van der Waals surface area contributed by atoms with Crippen molar-refractivity contribution in [1.82, 2.24) is 9.80 Å². The van der Waals surface area contributed by atoms with E-state index in [1.807, 2.05) is 11.8 Å². The van der Waals surface area contributed by atoms with Crippen LogP contribution in [0.4, 0.5) is 4.39 Å². The van der Waals surface area contributed by atoms with E-state index in [4.69, 9.17) is 10.7 Å². The van der Waals surface area contributed by atoms with Gasteiger partial charge in [-0.15, -0.1) is 0 Å². The van der Waals surface area contributed by atoms with Crippen molar-refractivity contribution in [1.29, 1.82) is 0 Å². The Balaban J connectivity index is 2.24. The molecule has 0 aliphatic carbocycles. The minimum Gasteiger partial charge on any atom is -0.336 e. The van der Waals surface area contributed by atoms with Crippen LogP contribution >= 0.6 is 10.7 Å². The molecule has 0 saturated carbocycles. The van der Waals surface area contributed by atoms with E-state index in [1.54, 1.807) is 0 Å². The van der Waals surface area contributed by atoms with Crippen LogP contribution in [0.5, 0.6) is 0 Å². The summed E-state index contributed by atoms with van der Waals surface area (Å²) in [6.07, 6.45) is 0. The van der Waals surface area contributed by atoms with E-state index in [1.165, 1.54) is 4.90 Å². The quantitative estimate of drug-likeness (QED) is 0.781. The highest BCUT2D eigenvalue weighted by molar-refractivity contribution is 8.13. The predicted octanol–water partition coefficient (Wildman–Crippen LogP) is 1.42. The van der Waals surface area contributed by atoms with Crippen LogP contribution < -0.4 is 0 Å². The third-order valence-corrected chi connectivity index (χ3v) is 4.91. The van der Waals surface area contributed by atoms with Gasteiger partial charge in [-0.2, -0.15) is 0 Å². The minimum atomic E-state index is -3.98. The molecule has 1 fully saturated rings. The van der Waals surface area contributed by atoms with Crippen molar-refractivity contribution in [3.05, 3.63) is 29.6 Å². The van der Waals surface area contributed by atoms with E-state index in [-0.39, 0.29) is 29.5 Å². The summed E-state index contributed by atoms with van der Waals surface area (Å²) in [5, 5.41) is 0. The third-order valence-electron chi connectivity index (χ3n) is 3.49. The Labute approximate surface area is 127 Å². The van der Waals surface area contributed by atoms with Crippen LogP contribution in [0.15, 0.2) is 23.1 Å². The van der Waals surface area contributed by atoms with Crippen molar-refractivity contribution in [3.63, 3.8) is 0 Å². The van der Waals surface area contributed by atoms with Crippen LogP contribution in [0.2, 0.25) is 0 Å². The maximum Gasteiger partial charge on any atom is 0.261 e. The Kier molecular flexibility index (Phi) is 4.85. The van der Waals surface area contributed by atoms with Gasteiger partial charge in [-0.05, 0) is 30.3 Å². The molecule has 116 valence electrons. The molecule has 1 aliphatic heterocycles. The number of amides is 1. The van der Waals surface area contributed by atoms with Crippen LogP contribution in [0, 0.1) is 5.82 Å². The average molecular weight is 335 g/mol. The number of likely N-dealkylation sites (N-methyl/N-ethyl adjacent to an activating group) is 1. The summed E-state index contributed by atoms with van der Waals surface area (Å²) in [6, 6.07) is 3.27. The summed E-state index contributed by atoms with van der Waals surface area (Å²) in [5.74, 6) is -0.668. The summed E-state index contributed by atoms with van der Waals surface area (Å²) in [6.45, 7) is 4.25. The first kappa shape index (κ1) is 16.2. The molecule has 1 amide bonds. The van der Waals surface area contributed by atoms with Crippen molar-refractivity contribution in [2.45, 2.75) is 18.4 Å². The molecule has 0 spiro atoms. The normalized spacial score (nSPS) is 17.3. The molecule has 0 bridgehead atoms. The first-order chi connectivity index (χ1) is 9.81. The Morgan fingerprint density at radius 3 is 2.62 bits per heavy atom. The molecule has 8 heteroatoms. The van der Waals surface area contributed by atoms with Crippen molar-refractivity contribution in [3.8, 4) is 0 Å². The number of hydrogen-bond donors (Lipinski definition) is 0. The molecule has 1 saturated heterocycles. The summed E-state index contributed by atoms with van der Waals surface area (Å²) in [5.41, 5.74) is 0.197. The van der Waals surface area contributed by atoms with Crippen molar-refractivity contribution < 1.29 is 17.6 Å². The van der Waals surface area contributed by atoms with Crippen LogP contribution in [0.1, 0.15) is 12.5 Å². The van der Waals surface area contributed by atoms with E-state index in [9.17, 15) is 17.6 Å². The lowest BCUT2D eigenvalue weighted by molar-refractivity contribution is -0.136. The number of benzene rings is 1. The lowest BCUT2D eigenvalue weighted by Crippen LogP contribution is -2.49. The smallest absolute Gasteiger partial charge is 0.261 e. The highest BCUT2D eigenvalue weighted by Gasteiger charge is 2.25. The zero-order valence-electron chi connectivity index (χ0n) is 11.6. The first-order valence-electron chi connectivity index (χ1n) is 6.54. The Morgan fingerprint density at radius 2 is 2.05 bits per heavy atom. The summed E-state index contributed by atoms with van der Waals surface area (Å²) in [7, 11) is 1.38. The molecular formula is C13H16ClFN2O3S. The molecule has 0 aromatic heterocycles. The van der Waals surface area contributed by atoms with Gasteiger partial charge in [0.15, 0.2) is 0 Å². The van der Waals surface area contributed by atoms with Crippen LogP contribution in [-0.4, -0.2) is 50.3 Å². The van der Waals surface area contributed by atoms with Crippen LogP contribution in [0.3, 0.4) is 0 Å². The standard InChI is InChI=1S/C13H16ClFN2O3S/c1-2-16-5-6-17(13(18)9-16)8-10-7-11(15)3-4-12(10)21(14,19)20/h3-4,7H,2,5-6,8-9H2,1H3. The molecule has 21 heavy (non-hydrogen) atoms. The van der Waals surface area contributed by atoms with Crippen molar-refractivity contribution >= 4 is 25.6 Å². The Hall–Kier alpha value is -1.18. The van der Waals surface area contributed by atoms with Crippen LogP contribution in [0.25, 0.3) is 0 Å². The highest BCUT2D eigenvalue weighted by Crippen LogP contribution is 2.23. The number of piperazine rings is 1. The van der Waals surface area contributed by atoms with Gasteiger partial charge >= 0.3 is 0 Å². The lowest BCUT2D eigenvalue weighted by atomic mass is 10.2. The Bertz CT molecular complexity index is 651. The molecule has 0 unspecified atom stereocenters. The largest absolute Gasteiger partial charge is 0.336 e. The number of hydrogen-bond acceptors (Lipinski definition) is 4. The number of rotatable bonds is 4. The van der Waals surface area contributed by atoms with Gasteiger partial charge in [-0.25, -0.2) is 12.8 Å². The van der Waals surface area contributed by atoms with Gasteiger partial charge < -0.3 is 4.90 Å². The monoisotopic (exact) mass is 334 g/mol. The second-order valence-corrected chi connectivity index (χ2v) is 7.41. The fourth-order valence-electron chi connectivity index (χ4n) is 2.31. The summed E-state index contributed by atoms with van der Waals surface area (Å²) >= 11 is 0. The lowest BCUT2D eigenvalue weighted by Gasteiger charge is -2.33. The number of carbonyl (C=O) groups is 1. The summed E-state index contributed by atoms with van der Waals surface area (Å²) < 4.78 is 36.4. The van der Waals surface area contributed by atoms with E-state index in [0.29, 0.717) is 13.1 Å². The number of nitrogens with zero attached hydrogens (tertiary/aromatic N) is 2. The van der Waals surface area contributed by atoms with Gasteiger partial charge in [-0.1, -0.05) is 6.92 Å². The molecule has 0 radical (unpaired) electrons. The van der Waals surface area contributed by atoms with Gasteiger partial charge in [0.05, 0.1) is 11.4 Å². The maximum atomic E-state index is 13.4. The molecule has 1 heterocycles. The minimum absolute atomic E-state index is 0.0371. The fraction of sp³-hybridized carbons (Fsp3) is 0.462. The van der Waals surface area contributed by atoms with E-state index < -0.39 is 14.9 Å². The number of carbonyl (C=O) groups excluding carboxylic acids is 1. The third kappa shape index (κ3) is 3.93. The van der Waals surface area contributed by atoms with Gasteiger partial charge in [0.1, 0.15) is 5.82 Å². The van der Waals surface area contributed by atoms with Gasteiger partial charge in [0.25, 0.3) is 9.05 Å². The fourth-order valence-corrected chi connectivity index (χ4v) is 3.43. The second-order valence-electron chi connectivity index (χ2n) is 4.87. The summed E-state index contributed by atoms with van der Waals surface area (Å²) in [4.78, 5) is 15.4.